The number of rotatable bonds is 2. The number of aromatic nitrogens is 1. The van der Waals surface area contributed by atoms with E-state index in [9.17, 15) is 5.11 Å². The highest BCUT2D eigenvalue weighted by Crippen LogP contribution is 2.27. The Bertz CT molecular complexity index is 449. The zero-order valence-electron chi connectivity index (χ0n) is 11.7. The van der Waals surface area contributed by atoms with Crippen molar-refractivity contribution < 1.29 is 5.11 Å². The van der Waals surface area contributed by atoms with E-state index in [1.165, 1.54) is 31.5 Å². The molecule has 2 fully saturated rings. The monoisotopic (exact) mass is 261 g/mol. The fourth-order valence-electron chi connectivity index (χ4n) is 3.36. The first-order chi connectivity index (χ1) is 9.28. The van der Waals surface area contributed by atoms with Crippen molar-refractivity contribution in [3.05, 3.63) is 23.5 Å². The van der Waals surface area contributed by atoms with Crippen LogP contribution in [0.5, 0.6) is 0 Å². The summed E-state index contributed by atoms with van der Waals surface area (Å²) >= 11 is 0. The maximum absolute atomic E-state index is 9.50. The second-order valence-electron chi connectivity index (χ2n) is 5.74. The molecule has 2 saturated heterocycles. The normalized spacial score (nSPS) is 24.3. The van der Waals surface area contributed by atoms with E-state index in [0.717, 1.165) is 30.9 Å². The molecule has 2 aliphatic heterocycles. The maximum Gasteiger partial charge on any atom is 0.0717 e. The highest BCUT2D eigenvalue weighted by Gasteiger charge is 2.29. The third-order valence-electron chi connectivity index (χ3n) is 4.45. The highest BCUT2D eigenvalue weighted by atomic mass is 16.3. The molecule has 0 radical (unpaired) electrons. The van der Waals surface area contributed by atoms with Crippen molar-refractivity contribution in [1.82, 2.24) is 9.88 Å². The van der Waals surface area contributed by atoms with Crippen LogP contribution < -0.4 is 4.90 Å². The highest BCUT2D eigenvalue weighted by molar-refractivity contribution is 5.54. The number of aliphatic hydroxyl groups excluding tert-OH is 1. The Morgan fingerprint density at radius 3 is 3.05 bits per heavy atom. The Hall–Kier alpha value is -1.13. The zero-order chi connectivity index (χ0) is 13.2. The number of piperidine rings is 1. The summed E-state index contributed by atoms with van der Waals surface area (Å²) < 4.78 is 0. The van der Waals surface area contributed by atoms with Crippen LogP contribution in [0.25, 0.3) is 0 Å². The molecule has 0 aliphatic carbocycles. The molecule has 4 nitrogen and oxygen atoms in total. The van der Waals surface area contributed by atoms with Gasteiger partial charge in [-0.15, -0.1) is 0 Å². The van der Waals surface area contributed by atoms with Crippen molar-refractivity contribution >= 4 is 5.69 Å². The maximum atomic E-state index is 9.50. The summed E-state index contributed by atoms with van der Waals surface area (Å²) in [6.07, 6.45) is 5.84. The van der Waals surface area contributed by atoms with Crippen molar-refractivity contribution in [2.45, 2.75) is 38.8 Å². The van der Waals surface area contributed by atoms with Gasteiger partial charge in [0.15, 0.2) is 0 Å². The lowest BCUT2D eigenvalue weighted by atomic mass is 9.99. The van der Waals surface area contributed by atoms with Crippen molar-refractivity contribution in [2.24, 2.45) is 0 Å². The second kappa shape index (κ2) is 5.47. The smallest absolute Gasteiger partial charge is 0.0717 e. The van der Waals surface area contributed by atoms with Crippen LogP contribution in [0.4, 0.5) is 5.69 Å². The van der Waals surface area contributed by atoms with Gasteiger partial charge < -0.3 is 10.0 Å². The number of hydrogen-bond donors (Lipinski definition) is 1. The number of fused-ring (bicyclic) bond motifs is 1. The van der Waals surface area contributed by atoms with E-state index in [2.05, 4.69) is 20.9 Å². The van der Waals surface area contributed by atoms with Crippen LogP contribution >= 0.6 is 0 Å². The average Bonchev–Trinajstić information content (AvgIpc) is 2.46. The van der Waals surface area contributed by atoms with Crippen molar-refractivity contribution in [2.75, 3.05) is 31.1 Å². The van der Waals surface area contributed by atoms with Gasteiger partial charge in [0.25, 0.3) is 0 Å². The van der Waals surface area contributed by atoms with Crippen molar-refractivity contribution in [3.8, 4) is 0 Å². The molecule has 1 atom stereocenters. The van der Waals surface area contributed by atoms with E-state index in [1.54, 1.807) is 0 Å². The van der Waals surface area contributed by atoms with E-state index < -0.39 is 0 Å². The minimum Gasteiger partial charge on any atom is -0.392 e. The van der Waals surface area contributed by atoms with Crippen LogP contribution in [0.15, 0.2) is 12.3 Å². The molecule has 0 spiro atoms. The fraction of sp³-hybridized carbons (Fsp3) is 0.667. The predicted molar refractivity (Wildman–Crippen MR) is 76.3 cm³/mol. The van der Waals surface area contributed by atoms with Crippen LogP contribution in [-0.2, 0) is 6.61 Å². The lowest BCUT2D eigenvalue weighted by molar-refractivity contribution is 0.133. The Kier molecular flexibility index (Phi) is 3.71. The van der Waals surface area contributed by atoms with Crippen LogP contribution in [0.3, 0.4) is 0 Å². The molecule has 104 valence electrons. The summed E-state index contributed by atoms with van der Waals surface area (Å²) in [6.45, 7) is 6.66. The van der Waals surface area contributed by atoms with E-state index in [1.807, 2.05) is 13.1 Å². The lowest BCUT2D eigenvalue weighted by Gasteiger charge is -2.45. The van der Waals surface area contributed by atoms with Crippen LogP contribution in [0, 0.1) is 6.92 Å². The van der Waals surface area contributed by atoms with Gasteiger partial charge in [-0.05, 0) is 32.4 Å². The van der Waals surface area contributed by atoms with Crippen LogP contribution in [0.2, 0.25) is 0 Å². The standard InChI is InChI=1S/C15H23N3O/c1-12-8-15(13(11-19)9-16-12)18-7-6-17-5-3-2-4-14(17)10-18/h8-9,14,19H,2-7,10-11H2,1H3. The fourth-order valence-corrected chi connectivity index (χ4v) is 3.36. The lowest BCUT2D eigenvalue weighted by Crippen LogP contribution is -2.55. The summed E-state index contributed by atoms with van der Waals surface area (Å²) in [5, 5.41) is 9.50. The van der Waals surface area contributed by atoms with Crippen molar-refractivity contribution in [3.63, 3.8) is 0 Å². The molecule has 4 heteroatoms. The molecule has 1 N–H and O–H groups in total. The number of pyridine rings is 1. The zero-order valence-corrected chi connectivity index (χ0v) is 11.7. The van der Waals surface area contributed by atoms with Gasteiger partial charge in [0, 0.05) is 48.8 Å². The average molecular weight is 261 g/mol. The Morgan fingerprint density at radius 2 is 2.21 bits per heavy atom. The molecule has 1 aromatic heterocycles. The summed E-state index contributed by atoms with van der Waals surface area (Å²) in [5.41, 5.74) is 3.16. The predicted octanol–water partition coefficient (Wildman–Crippen LogP) is 1.56. The van der Waals surface area contributed by atoms with E-state index in [-0.39, 0.29) is 6.61 Å². The Morgan fingerprint density at radius 1 is 1.32 bits per heavy atom. The topological polar surface area (TPSA) is 39.6 Å². The summed E-state index contributed by atoms with van der Waals surface area (Å²) in [7, 11) is 0. The SMILES string of the molecule is Cc1cc(N2CCN3CCCCC3C2)c(CO)cn1. The van der Waals surface area contributed by atoms with Gasteiger partial charge in [-0.1, -0.05) is 6.42 Å². The first-order valence-corrected chi connectivity index (χ1v) is 7.33. The molecular weight excluding hydrogens is 238 g/mol. The third-order valence-corrected chi connectivity index (χ3v) is 4.45. The van der Waals surface area contributed by atoms with E-state index >= 15 is 0 Å². The summed E-state index contributed by atoms with van der Waals surface area (Å²) in [6, 6.07) is 2.81. The second-order valence-corrected chi connectivity index (χ2v) is 5.74. The molecule has 3 heterocycles. The number of piperazine rings is 1. The van der Waals surface area contributed by atoms with Gasteiger partial charge in [0.2, 0.25) is 0 Å². The Labute approximate surface area is 115 Å². The minimum atomic E-state index is 0.0769. The molecule has 1 aromatic rings. The molecule has 0 amide bonds. The molecule has 3 rings (SSSR count). The molecule has 0 saturated carbocycles. The van der Waals surface area contributed by atoms with Gasteiger partial charge in [0.05, 0.1) is 6.61 Å². The third kappa shape index (κ3) is 2.60. The Balaban J connectivity index is 1.80. The molecule has 2 aliphatic rings. The van der Waals surface area contributed by atoms with Crippen LogP contribution in [-0.4, -0.2) is 47.2 Å². The summed E-state index contributed by atoms with van der Waals surface area (Å²) in [5.74, 6) is 0. The van der Waals surface area contributed by atoms with Gasteiger partial charge in [-0.3, -0.25) is 9.88 Å². The number of aryl methyl sites for hydroxylation is 1. The van der Waals surface area contributed by atoms with Gasteiger partial charge >= 0.3 is 0 Å². The van der Waals surface area contributed by atoms with E-state index in [0.29, 0.717) is 6.04 Å². The van der Waals surface area contributed by atoms with Crippen LogP contribution in [0.1, 0.15) is 30.5 Å². The number of nitrogens with zero attached hydrogens (tertiary/aromatic N) is 3. The molecule has 0 aromatic carbocycles. The number of anilines is 1. The number of hydrogen-bond acceptors (Lipinski definition) is 4. The molecule has 19 heavy (non-hydrogen) atoms. The van der Waals surface area contributed by atoms with Gasteiger partial charge in [-0.2, -0.15) is 0 Å². The quantitative estimate of drug-likeness (QED) is 0.877. The number of aliphatic hydroxyl groups is 1. The first-order valence-electron chi connectivity index (χ1n) is 7.33. The summed E-state index contributed by atoms with van der Waals surface area (Å²) in [4.78, 5) is 9.36. The minimum absolute atomic E-state index is 0.0769. The molecular formula is C15H23N3O. The van der Waals surface area contributed by atoms with E-state index in [4.69, 9.17) is 0 Å². The van der Waals surface area contributed by atoms with Gasteiger partial charge in [-0.25, -0.2) is 0 Å². The molecule has 1 unspecified atom stereocenters. The van der Waals surface area contributed by atoms with Crippen molar-refractivity contribution in [1.29, 1.82) is 0 Å². The first kappa shape index (κ1) is 12.9. The van der Waals surface area contributed by atoms with Gasteiger partial charge in [0.1, 0.15) is 0 Å². The largest absolute Gasteiger partial charge is 0.392 e. The molecule has 0 bridgehead atoms.